The number of nitrogens with zero attached hydrogens (tertiary/aromatic N) is 1. The molecule has 33 heavy (non-hydrogen) atoms. The molecule has 1 saturated heterocycles. The molecular weight excluding hydrogens is 430 g/mol. The number of hydrogen-bond donors (Lipinski definition) is 1. The molecule has 4 nitrogen and oxygen atoms in total. The lowest BCUT2D eigenvalue weighted by Gasteiger charge is -2.27. The maximum Gasteiger partial charge on any atom is 0.173 e. The van der Waals surface area contributed by atoms with Crippen LogP contribution in [0.2, 0.25) is 0 Å². The smallest absolute Gasteiger partial charge is 0.173 e. The predicted molar refractivity (Wildman–Crippen MR) is 131 cm³/mol. The summed E-state index contributed by atoms with van der Waals surface area (Å²) in [4.78, 5) is 2.38. The average Bonchev–Trinajstić information content (AvgIpc) is 3.64. The lowest BCUT2D eigenvalue weighted by atomic mass is 9.84. The summed E-state index contributed by atoms with van der Waals surface area (Å²) >= 11 is 1.72. The molecule has 5 heteroatoms. The molecule has 1 N–H and O–H groups in total. The van der Waals surface area contributed by atoms with E-state index < -0.39 is 5.60 Å². The normalized spacial score (nSPS) is 16.5. The van der Waals surface area contributed by atoms with E-state index >= 15 is 0 Å². The first-order chi connectivity index (χ1) is 16.2. The number of aliphatic hydroxyl groups is 1. The molecule has 170 valence electrons. The van der Waals surface area contributed by atoms with Crippen LogP contribution in [0.4, 0.5) is 0 Å². The van der Waals surface area contributed by atoms with Gasteiger partial charge < -0.3 is 14.3 Å². The fourth-order valence-corrected chi connectivity index (χ4v) is 5.25. The van der Waals surface area contributed by atoms with Crippen LogP contribution in [0.1, 0.15) is 41.1 Å². The molecule has 0 spiro atoms. The van der Waals surface area contributed by atoms with Crippen molar-refractivity contribution in [3.05, 3.63) is 118 Å². The molecule has 0 amide bonds. The number of benzene rings is 2. The lowest BCUT2D eigenvalue weighted by molar-refractivity contribution is 0.0630. The molecule has 2 aromatic carbocycles. The summed E-state index contributed by atoms with van der Waals surface area (Å²) in [5.74, 6) is 1.37. The second kappa shape index (κ2) is 10.1. The molecule has 0 radical (unpaired) electrons. The molecule has 4 aromatic rings. The van der Waals surface area contributed by atoms with Crippen molar-refractivity contribution in [1.82, 2.24) is 4.90 Å². The second-order valence-electron chi connectivity index (χ2n) is 8.64. The Morgan fingerprint density at radius 2 is 1.64 bits per heavy atom. The van der Waals surface area contributed by atoms with Crippen molar-refractivity contribution in [2.24, 2.45) is 0 Å². The Labute approximate surface area is 199 Å². The third-order valence-corrected chi connectivity index (χ3v) is 6.98. The topological polar surface area (TPSA) is 45.8 Å². The minimum absolute atomic E-state index is 0.267. The highest BCUT2D eigenvalue weighted by molar-refractivity contribution is 7.07. The van der Waals surface area contributed by atoms with Gasteiger partial charge in [-0.25, -0.2) is 0 Å². The van der Waals surface area contributed by atoms with Crippen LogP contribution in [0.25, 0.3) is 0 Å². The van der Waals surface area contributed by atoms with Gasteiger partial charge in [-0.2, -0.15) is 11.3 Å². The molecule has 5 rings (SSSR count). The first-order valence-corrected chi connectivity index (χ1v) is 12.4. The van der Waals surface area contributed by atoms with Gasteiger partial charge in [0.05, 0.1) is 12.6 Å². The van der Waals surface area contributed by atoms with Crippen LogP contribution in [-0.2, 0) is 23.4 Å². The number of ether oxygens (including phenoxy) is 1. The molecule has 1 aliphatic heterocycles. The van der Waals surface area contributed by atoms with Crippen LogP contribution in [0.5, 0.6) is 0 Å². The summed E-state index contributed by atoms with van der Waals surface area (Å²) < 4.78 is 12.2. The monoisotopic (exact) mass is 459 g/mol. The molecule has 0 aliphatic carbocycles. The van der Waals surface area contributed by atoms with Gasteiger partial charge in [-0.15, -0.1) is 0 Å². The highest BCUT2D eigenvalue weighted by Crippen LogP contribution is 2.37. The van der Waals surface area contributed by atoms with Gasteiger partial charge >= 0.3 is 0 Å². The summed E-state index contributed by atoms with van der Waals surface area (Å²) in [7, 11) is 0. The van der Waals surface area contributed by atoms with E-state index in [1.807, 2.05) is 72.8 Å². The van der Waals surface area contributed by atoms with Crippen LogP contribution >= 0.6 is 11.3 Å². The molecule has 0 bridgehead atoms. The summed E-state index contributed by atoms with van der Waals surface area (Å²) in [5.41, 5.74) is 1.51. The van der Waals surface area contributed by atoms with Crippen molar-refractivity contribution in [3.63, 3.8) is 0 Å². The molecule has 1 fully saturated rings. The largest absolute Gasteiger partial charge is 0.461 e. The third kappa shape index (κ3) is 4.97. The molecular formula is C28H29NO3S. The Kier molecular flexibility index (Phi) is 6.74. The third-order valence-electron chi connectivity index (χ3n) is 6.25. The molecule has 0 saturated carbocycles. The minimum atomic E-state index is -1.35. The van der Waals surface area contributed by atoms with Crippen molar-refractivity contribution in [2.75, 3.05) is 13.2 Å². The Hall–Kier alpha value is -2.70. The zero-order valence-corrected chi connectivity index (χ0v) is 19.4. The SMILES string of the molecule is OC(c1ccccc1)(c1ccccc1)c1ccc(CN(Cc2ccsc2)C[C@H]2CCCO2)o1. The summed E-state index contributed by atoms with van der Waals surface area (Å²) in [6.45, 7) is 3.23. The zero-order valence-electron chi connectivity index (χ0n) is 18.6. The van der Waals surface area contributed by atoms with E-state index in [9.17, 15) is 5.11 Å². The van der Waals surface area contributed by atoms with E-state index in [-0.39, 0.29) is 6.10 Å². The minimum Gasteiger partial charge on any atom is -0.461 e. The first-order valence-electron chi connectivity index (χ1n) is 11.5. The van der Waals surface area contributed by atoms with Gasteiger partial charge in [-0.3, -0.25) is 4.90 Å². The zero-order chi connectivity index (χ0) is 22.5. The summed E-state index contributed by atoms with van der Waals surface area (Å²) in [6, 6.07) is 25.5. The maximum absolute atomic E-state index is 12.0. The van der Waals surface area contributed by atoms with Crippen LogP contribution in [0, 0.1) is 0 Å². The van der Waals surface area contributed by atoms with Gasteiger partial charge in [0, 0.05) is 19.7 Å². The van der Waals surface area contributed by atoms with Gasteiger partial charge in [-0.1, -0.05) is 60.7 Å². The van der Waals surface area contributed by atoms with E-state index in [4.69, 9.17) is 9.15 Å². The Morgan fingerprint density at radius 3 is 2.24 bits per heavy atom. The van der Waals surface area contributed by atoms with Gasteiger partial charge in [0.2, 0.25) is 0 Å². The van der Waals surface area contributed by atoms with E-state index in [2.05, 4.69) is 21.7 Å². The van der Waals surface area contributed by atoms with Gasteiger partial charge in [-0.05, 0) is 58.5 Å². The fourth-order valence-electron chi connectivity index (χ4n) is 4.59. The number of hydrogen-bond acceptors (Lipinski definition) is 5. The van der Waals surface area contributed by atoms with Crippen molar-refractivity contribution in [1.29, 1.82) is 0 Å². The van der Waals surface area contributed by atoms with Gasteiger partial charge in [0.15, 0.2) is 5.60 Å². The number of rotatable bonds is 9. The molecule has 0 unspecified atom stereocenters. The average molecular weight is 460 g/mol. The maximum atomic E-state index is 12.0. The van der Waals surface area contributed by atoms with Crippen LogP contribution in [-0.4, -0.2) is 29.3 Å². The van der Waals surface area contributed by atoms with Crippen molar-refractivity contribution in [3.8, 4) is 0 Å². The van der Waals surface area contributed by atoms with Gasteiger partial charge in [0.1, 0.15) is 11.5 Å². The van der Waals surface area contributed by atoms with Crippen molar-refractivity contribution >= 4 is 11.3 Å². The predicted octanol–water partition coefficient (Wildman–Crippen LogP) is 5.81. The fraction of sp³-hybridized carbons (Fsp3) is 0.286. The number of furan rings is 1. The van der Waals surface area contributed by atoms with E-state index in [1.165, 1.54) is 5.56 Å². The highest BCUT2D eigenvalue weighted by Gasteiger charge is 2.37. The Balaban J connectivity index is 1.43. The van der Waals surface area contributed by atoms with E-state index in [0.29, 0.717) is 12.3 Å². The summed E-state index contributed by atoms with van der Waals surface area (Å²) in [6.07, 6.45) is 2.50. The van der Waals surface area contributed by atoms with Gasteiger partial charge in [0.25, 0.3) is 0 Å². The molecule has 2 aromatic heterocycles. The van der Waals surface area contributed by atoms with Crippen LogP contribution in [0.3, 0.4) is 0 Å². The Bertz CT molecular complexity index is 1080. The van der Waals surface area contributed by atoms with Crippen LogP contribution in [0.15, 0.2) is 94.0 Å². The van der Waals surface area contributed by atoms with E-state index in [1.54, 1.807) is 11.3 Å². The Morgan fingerprint density at radius 1 is 0.909 bits per heavy atom. The highest BCUT2D eigenvalue weighted by atomic mass is 32.1. The quantitative estimate of drug-likeness (QED) is 0.343. The lowest BCUT2D eigenvalue weighted by Crippen LogP contribution is -2.31. The first kappa shape index (κ1) is 22.1. The second-order valence-corrected chi connectivity index (χ2v) is 9.42. The number of thiophene rings is 1. The standard InChI is InChI=1S/C28H29NO3S/c30-28(23-8-3-1-4-9-23,24-10-5-2-6-11-24)27-14-13-26(32-27)20-29(18-22-15-17-33-21-22)19-25-12-7-16-31-25/h1-6,8-11,13-15,17,21,25,30H,7,12,16,18-20H2/t25-/m1/s1. The van der Waals surface area contributed by atoms with E-state index in [0.717, 1.165) is 49.4 Å². The molecule has 3 heterocycles. The molecule has 1 atom stereocenters. The molecule has 1 aliphatic rings. The van der Waals surface area contributed by atoms with Crippen LogP contribution < -0.4 is 0 Å². The van der Waals surface area contributed by atoms with Crippen molar-refractivity contribution < 1.29 is 14.3 Å². The van der Waals surface area contributed by atoms with Crippen molar-refractivity contribution in [2.45, 2.75) is 37.6 Å². The summed E-state index contributed by atoms with van der Waals surface area (Å²) in [5, 5.41) is 16.3.